The van der Waals surface area contributed by atoms with Crippen LogP contribution in [-0.2, 0) is 23.8 Å². The van der Waals surface area contributed by atoms with Gasteiger partial charge in [0.05, 0.1) is 6.61 Å². The molecule has 0 aromatic carbocycles. The summed E-state index contributed by atoms with van der Waals surface area (Å²) in [5, 5.41) is 0. The highest BCUT2D eigenvalue weighted by molar-refractivity contribution is 5.70. The monoisotopic (exact) mass is 953 g/mol. The summed E-state index contributed by atoms with van der Waals surface area (Å²) in [6, 6.07) is 0. The molecule has 0 aliphatic carbocycles. The minimum absolute atomic E-state index is 0.0829. The fourth-order valence-electron chi connectivity index (χ4n) is 8.88. The maximum Gasteiger partial charge on any atom is 0.306 e. The van der Waals surface area contributed by atoms with Gasteiger partial charge in [0.25, 0.3) is 0 Å². The van der Waals surface area contributed by atoms with E-state index in [1.807, 2.05) is 0 Å². The molecule has 5 heteroatoms. The molecule has 5 nitrogen and oxygen atoms in total. The zero-order valence-electron chi connectivity index (χ0n) is 45.9. The van der Waals surface area contributed by atoms with Crippen molar-refractivity contribution >= 4 is 11.9 Å². The highest BCUT2D eigenvalue weighted by Gasteiger charge is 2.17. The average molecular weight is 954 g/mol. The molecule has 0 N–H and O–H groups in total. The number of hydrogen-bond donors (Lipinski definition) is 0. The third kappa shape index (κ3) is 56.4. The quantitative estimate of drug-likeness (QED) is 0.0345. The van der Waals surface area contributed by atoms with Crippen molar-refractivity contribution in [3.63, 3.8) is 0 Å². The van der Waals surface area contributed by atoms with Crippen molar-refractivity contribution in [2.45, 2.75) is 322 Å². The molecular weight excluding hydrogens is 837 g/mol. The molecule has 0 bridgehead atoms. The number of rotatable bonds is 56. The molecule has 0 aliphatic rings. The van der Waals surface area contributed by atoms with Crippen LogP contribution in [0.2, 0.25) is 0 Å². The Balaban J connectivity index is 4.26. The molecule has 1 unspecified atom stereocenters. The molecule has 398 valence electrons. The lowest BCUT2D eigenvalue weighted by molar-refractivity contribution is -0.163. The summed E-state index contributed by atoms with van der Waals surface area (Å²) in [5.41, 5.74) is 0. The molecule has 68 heavy (non-hydrogen) atoms. The fourth-order valence-corrected chi connectivity index (χ4v) is 8.88. The van der Waals surface area contributed by atoms with E-state index in [-0.39, 0.29) is 25.2 Å². The predicted octanol–water partition coefficient (Wildman–Crippen LogP) is 20.7. The summed E-state index contributed by atoms with van der Waals surface area (Å²) in [6.07, 6.45) is 74.2. The van der Waals surface area contributed by atoms with E-state index in [4.69, 9.17) is 14.2 Å². The Kier molecular flexibility index (Phi) is 57.3. The summed E-state index contributed by atoms with van der Waals surface area (Å²) in [6.45, 7) is 7.76. The van der Waals surface area contributed by atoms with Crippen molar-refractivity contribution in [3.05, 3.63) is 48.6 Å². The normalized spacial score (nSPS) is 12.5. The zero-order chi connectivity index (χ0) is 49.2. The van der Waals surface area contributed by atoms with Gasteiger partial charge in [-0.1, -0.05) is 275 Å². The molecule has 0 aromatic heterocycles. The summed E-state index contributed by atoms with van der Waals surface area (Å²) < 4.78 is 17.5. The first-order valence-corrected chi connectivity index (χ1v) is 30.2. The van der Waals surface area contributed by atoms with Gasteiger partial charge < -0.3 is 14.2 Å². The van der Waals surface area contributed by atoms with Crippen LogP contribution < -0.4 is 0 Å². The largest absolute Gasteiger partial charge is 0.462 e. The van der Waals surface area contributed by atoms with Crippen LogP contribution in [0.4, 0.5) is 0 Å². The van der Waals surface area contributed by atoms with Crippen molar-refractivity contribution in [1.29, 1.82) is 0 Å². The van der Waals surface area contributed by atoms with E-state index in [1.165, 1.54) is 212 Å². The summed E-state index contributed by atoms with van der Waals surface area (Å²) in [7, 11) is 0. The van der Waals surface area contributed by atoms with Crippen LogP contribution in [0, 0.1) is 0 Å². The minimum atomic E-state index is -0.540. The minimum Gasteiger partial charge on any atom is -0.462 e. The lowest BCUT2D eigenvalue weighted by Crippen LogP contribution is -2.30. The van der Waals surface area contributed by atoms with Crippen LogP contribution in [0.3, 0.4) is 0 Å². The standard InChI is InChI=1S/C63H116O5/c1-4-7-10-13-16-19-22-25-28-31-34-37-40-43-46-49-52-55-58-66-59-61(68-63(65)57-54-51-48-45-42-39-36-33-30-27-24-21-18-15-12-9-6-3)60-67-62(64)56-53-50-47-44-41-38-35-32-29-26-23-20-17-14-11-8-5-2/h8,11,17,20,25-26,28-29,61H,4-7,9-10,12-16,18-19,21-24,27,30-60H2,1-3H3/b11-8-,20-17-,28-25-,29-26-. The molecule has 0 aromatic rings. The second-order valence-corrected chi connectivity index (χ2v) is 20.2. The van der Waals surface area contributed by atoms with E-state index in [9.17, 15) is 9.59 Å². The molecule has 0 spiro atoms. The van der Waals surface area contributed by atoms with Gasteiger partial charge in [-0.25, -0.2) is 0 Å². The molecule has 0 radical (unpaired) electrons. The molecule has 0 heterocycles. The van der Waals surface area contributed by atoms with Gasteiger partial charge in [0.15, 0.2) is 6.10 Å². The van der Waals surface area contributed by atoms with Crippen LogP contribution in [0.1, 0.15) is 316 Å². The molecule has 0 fully saturated rings. The van der Waals surface area contributed by atoms with E-state index >= 15 is 0 Å². The number of carbonyl (C=O) groups excluding carboxylic acids is 2. The van der Waals surface area contributed by atoms with E-state index in [2.05, 4.69) is 69.4 Å². The first kappa shape index (κ1) is 65.9. The molecule has 0 saturated carbocycles. The maximum atomic E-state index is 12.9. The number of allylic oxidation sites excluding steroid dienone is 8. The summed E-state index contributed by atoms with van der Waals surface area (Å²) >= 11 is 0. The van der Waals surface area contributed by atoms with Crippen molar-refractivity contribution < 1.29 is 23.8 Å². The van der Waals surface area contributed by atoms with Gasteiger partial charge in [0.2, 0.25) is 0 Å². The third-order valence-corrected chi connectivity index (χ3v) is 13.3. The smallest absolute Gasteiger partial charge is 0.306 e. The van der Waals surface area contributed by atoms with Gasteiger partial charge in [-0.2, -0.15) is 0 Å². The van der Waals surface area contributed by atoms with Crippen LogP contribution in [-0.4, -0.2) is 37.9 Å². The molecular formula is C63H116O5. The van der Waals surface area contributed by atoms with Crippen LogP contribution in [0.25, 0.3) is 0 Å². The Bertz CT molecular complexity index is 1120. The second-order valence-electron chi connectivity index (χ2n) is 20.2. The van der Waals surface area contributed by atoms with E-state index in [0.717, 1.165) is 70.6 Å². The lowest BCUT2D eigenvalue weighted by Gasteiger charge is -2.18. The average Bonchev–Trinajstić information content (AvgIpc) is 3.34. The Labute approximate surface area is 424 Å². The number of unbranched alkanes of at least 4 members (excludes halogenated alkanes) is 37. The Morgan fingerprint density at radius 2 is 0.662 bits per heavy atom. The number of hydrogen-bond acceptors (Lipinski definition) is 5. The third-order valence-electron chi connectivity index (χ3n) is 13.3. The predicted molar refractivity (Wildman–Crippen MR) is 298 cm³/mol. The van der Waals surface area contributed by atoms with Gasteiger partial charge >= 0.3 is 11.9 Å². The fraction of sp³-hybridized carbons (Fsp3) is 0.841. The van der Waals surface area contributed by atoms with Gasteiger partial charge in [-0.05, 0) is 77.0 Å². The SMILES string of the molecule is CC/C=C\C/C=C\C/C=C\CCCCCCCCCC(=O)OCC(COCCCCCCCCCC/C=C\CCCCCCCC)OC(=O)CCCCCCCCCCCCCCCCCCC. The van der Waals surface area contributed by atoms with Crippen molar-refractivity contribution in [3.8, 4) is 0 Å². The molecule has 0 saturated heterocycles. The Morgan fingerprint density at radius 3 is 1.07 bits per heavy atom. The van der Waals surface area contributed by atoms with Gasteiger partial charge in [0, 0.05) is 19.4 Å². The van der Waals surface area contributed by atoms with E-state index in [0.29, 0.717) is 19.4 Å². The van der Waals surface area contributed by atoms with Crippen LogP contribution in [0.15, 0.2) is 48.6 Å². The van der Waals surface area contributed by atoms with Crippen molar-refractivity contribution in [1.82, 2.24) is 0 Å². The summed E-state index contributed by atoms with van der Waals surface area (Å²) in [5.74, 6) is -0.391. The number of carbonyl (C=O) groups is 2. The van der Waals surface area contributed by atoms with E-state index in [1.54, 1.807) is 0 Å². The number of ether oxygens (including phenoxy) is 3. The number of esters is 2. The van der Waals surface area contributed by atoms with Crippen LogP contribution >= 0.6 is 0 Å². The Hall–Kier alpha value is -2.14. The van der Waals surface area contributed by atoms with Crippen molar-refractivity contribution in [2.75, 3.05) is 19.8 Å². The highest BCUT2D eigenvalue weighted by Crippen LogP contribution is 2.17. The van der Waals surface area contributed by atoms with E-state index < -0.39 is 6.10 Å². The molecule has 0 rings (SSSR count). The first-order valence-electron chi connectivity index (χ1n) is 30.2. The molecule has 0 aliphatic heterocycles. The van der Waals surface area contributed by atoms with Gasteiger partial charge in [0.1, 0.15) is 6.61 Å². The Morgan fingerprint density at radius 1 is 0.338 bits per heavy atom. The van der Waals surface area contributed by atoms with Crippen molar-refractivity contribution in [2.24, 2.45) is 0 Å². The topological polar surface area (TPSA) is 61.8 Å². The van der Waals surface area contributed by atoms with Crippen LogP contribution in [0.5, 0.6) is 0 Å². The second kappa shape index (κ2) is 59.2. The summed E-state index contributed by atoms with van der Waals surface area (Å²) in [4.78, 5) is 25.6. The highest BCUT2D eigenvalue weighted by atomic mass is 16.6. The first-order chi connectivity index (χ1) is 33.6. The molecule has 0 amide bonds. The maximum absolute atomic E-state index is 12.9. The lowest BCUT2D eigenvalue weighted by atomic mass is 10.0. The van der Waals surface area contributed by atoms with Gasteiger partial charge in [-0.15, -0.1) is 0 Å². The zero-order valence-corrected chi connectivity index (χ0v) is 45.9. The molecule has 1 atom stereocenters. The van der Waals surface area contributed by atoms with Gasteiger partial charge in [-0.3, -0.25) is 9.59 Å².